The van der Waals surface area contributed by atoms with E-state index in [1.807, 2.05) is 28.5 Å². The minimum atomic E-state index is 0.0909. The van der Waals surface area contributed by atoms with Gasteiger partial charge in [-0.05, 0) is 36.1 Å². The summed E-state index contributed by atoms with van der Waals surface area (Å²) >= 11 is 3.37. The second-order valence-electron chi connectivity index (χ2n) is 6.08. The van der Waals surface area contributed by atoms with E-state index in [1.54, 1.807) is 28.7 Å². The van der Waals surface area contributed by atoms with E-state index in [1.165, 1.54) is 10.3 Å². The summed E-state index contributed by atoms with van der Waals surface area (Å²) in [5.41, 5.74) is 2.31. The Hall–Kier alpha value is -2.18. The third-order valence-corrected chi connectivity index (χ3v) is 6.32. The molecule has 2 aromatic heterocycles. The largest absolute Gasteiger partial charge is 0.345 e. The van der Waals surface area contributed by atoms with Crippen molar-refractivity contribution in [3.05, 3.63) is 52.2 Å². The van der Waals surface area contributed by atoms with Crippen molar-refractivity contribution in [3.63, 3.8) is 0 Å². The molecule has 3 aromatic rings. The van der Waals surface area contributed by atoms with Gasteiger partial charge in [0.05, 0.1) is 10.2 Å². The molecule has 0 spiro atoms. The molecule has 3 heterocycles. The summed E-state index contributed by atoms with van der Waals surface area (Å²) in [6, 6.07) is 10.3. The highest BCUT2D eigenvalue weighted by Gasteiger charge is 2.22. The summed E-state index contributed by atoms with van der Waals surface area (Å²) in [5, 5.41) is 3.08. The molecule has 4 nitrogen and oxygen atoms in total. The average molecular weight is 370 g/mol. The highest BCUT2D eigenvalue weighted by molar-refractivity contribution is 7.22. The Morgan fingerprint density at radius 3 is 2.72 bits per heavy atom. The lowest BCUT2D eigenvalue weighted by Crippen LogP contribution is -2.48. The SMILES string of the molecule is Cc1cccc2sc(N3CCN(C(=O)C=Cc4cccs4)CC3)nc12. The van der Waals surface area contributed by atoms with Crippen molar-refractivity contribution in [2.24, 2.45) is 0 Å². The number of rotatable bonds is 3. The van der Waals surface area contributed by atoms with Crippen molar-refractivity contribution in [3.8, 4) is 0 Å². The Bertz CT molecular complexity index is 906. The second-order valence-corrected chi connectivity index (χ2v) is 8.07. The molecule has 128 valence electrons. The first-order valence-electron chi connectivity index (χ1n) is 8.32. The Labute approximate surface area is 155 Å². The summed E-state index contributed by atoms with van der Waals surface area (Å²) in [6.07, 6.45) is 3.58. The maximum atomic E-state index is 12.3. The monoisotopic (exact) mass is 369 g/mol. The zero-order valence-corrected chi connectivity index (χ0v) is 15.6. The lowest BCUT2D eigenvalue weighted by atomic mass is 10.2. The molecule has 6 heteroatoms. The lowest BCUT2D eigenvalue weighted by Gasteiger charge is -2.34. The third kappa shape index (κ3) is 3.45. The molecule has 0 radical (unpaired) electrons. The maximum absolute atomic E-state index is 12.3. The molecule has 1 aromatic carbocycles. The molecule has 0 atom stereocenters. The van der Waals surface area contributed by atoms with Crippen LogP contribution in [0.15, 0.2) is 41.8 Å². The van der Waals surface area contributed by atoms with Gasteiger partial charge in [0, 0.05) is 37.1 Å². The molecule has 1 aliphatic rings. The van der Waals surface area contributed by atoms with E-state index < -0.39 is 0 Å². The predicted octanol–water partition coefficient (Wildman–Crippen LogP) is 4.03. The molecular formula is C19H19N3OS2. The van der Waals surface area contributed by atoms with Gasteiger partial charge in [0.25, 0.3) is 0 Å². The van der Waals surface area contributed by atoms with E-state index in [2.05, 4.69) is 30.0 Å². The summed E-state index contributed by atoms with van der Waals surface area (Å²) in [6.45, 7) is 5.24. The number of benzene rings is 1. The van der Waals surface area contributed by atoms with Crippen LogP contribution in [0, 0.1) is 6.92 Å². The van der Waals surface area contributed by atoms with Gasteiger partial charge in [-0.1, -0.05) is 29.5 Å². The van der Waals surface area contributed by atoms with Crippen molar-refractivity contribution < 1.29 is 4.79 Å². The number of thiophene rings is 1. The smallest absolute Gasteiger partial charge is 0.246 e. The molecule has 1 aliphatic heterocycles. The molecule has 0 aliphatic carbocycles. The quantitative estimate of drug-likeness (QED) is 0.654. The number of carbonyl (C=O) groups is 1. The third-order valence-electron chi connectivity index (χ3n) is 4.40. The lowest BCUT2D eigenvalue weighted by molar-refractivity contribution is -0.126. The Morgan fingerprint density at radius 1 is 1.16 bits per heavy atom. The zero-order chi connectivity index (χ0) is 17.2. The molecule has 0 bridgehead atoms. The number of nitrogens with zero attached hydrogens (tertiary/aromatic N) is 3. The summed E-state index contributed by atoms with van der Waals surface area (Å²) in [5.74, 6) is 0.0909. The second kappa shape index (κ2) is 6.98. The molecule has 0 saturated carbocycles. The van der Waals surface area contributed by atoms with Crippen LogP contribution in [0.25, 0.3) is 16.3 Å². The van der Waals surface area contributed by atoms with Gasteiger partial charge >= 0.3 is 0 Å². The van der Waals surface area contributed by atoms with E-state index in [4.69, 9.17) is 4.98 Å². The van der Waals surface area contributed by atoms with Gasteiger partial charge in [-0.3, -0.25) is 4.79 Å². The number of hydrogen-bond acceptors (Lipinski definition) is 5. The highest BCUT2D eigenvalue weighted by atomic mass is 32.1. The van der Waals surface area contributed by atoms with E-state index in [0.717, 1.165) is 41.7 Å². The van der Waals surface area contributed by atoms with E-state index >= 15 is 0 Å². The van der Waals surface area contributed by atoms with Gasteiger partial charge in [-0.15, -0.1) is 11.3 Å². The van der Waals surface area contributed by atoms with Crippen LogP contribution >= 0.6 is 22.7 Å². The van der Waals surface area contributed by atoms with Crippen molar-refractivity contribution in [2.75, 3.05) is 31.1 Å². The van der Waals surface area contributed by atoms with Crippen molar-refractivity contribution in [1.82, 2.24) is 9.88 Å². The van der Waals surface area contributed by atoms with Crippen molar-refractivity contribution in [2.45, 2.75) is 6.92 Å². The van der Waals surface area contributed by atoms with Gasteiger partial charge in [0.1, 0.15) is 0 Å². The molecule has 1 saturated heterocycles. The molecule has 4 rings (SSSR count). The van der Waals surface area contributed by atoms with Crippen LogP contribution in [0.5, 0.6) is 0 Å². The van der Waals surface area contributed by atoms with E-state index in [-0.39, 0.29) is 5.91 Å². The topological polar surface area (TPSA) is 36.4 Å². The van der Waals surface area contributed by atoms with Crippen LogP contribution in [0.2, 0.25) is 0 Å². The highest BCUT2D eigenvalue weighted by Crippen LogP contribution is 2.31. The number of aromatic nitrogens is 1. The van der Waals surface area contributed by atoms with E-state index in [9.17, 15) is 4.79 Å². The number of thiazole rings is 1. The summed E-state index contributed by atoms with van der Waals surface area (Å²) < 4.78 is 1.23. The van der Waals surface area contributed by atoms with Gasteiger partial charge < -0.3 is 9.80 Å². The van der Waals surface area contributed by atoms with Crippen molar-refractivity contribution >= 4 is 50.0 Å². The fraction of sp³-hybridized carbons (Fsp3) is 0.263. The molecule has 1 amide bonds. The fourth-order valence-electron chi connectivity index (χ4n) is 2.97. The number of anilines is 1. The van der Waals surface area contributed by atoms with Crippen LogP contribution in [-0.2, 0) is 4.79 Å². The number of carbonyl (C=O) groups excluding carboxylic acids is 1. The van der Waals surface area contributed by atoms with Gasteiger partial charge in [0.15, 0.2) is 5.13 Å². The fourth-order valence-corrected chi connectivity index (χ4v) is 4.69. The number of aryl methyl sites for hydroxylation is 1. The first-order valence-corrected chi connectivity index (χ1v) is 10.0. The maximum Gasteiger partial charge on any atom is 0.246 e. The Morgan fingerprint density at radius 2 is 2.00 bits per heavy atom. The Balaban J connectivity index is 1.40. The number of amides is 1. The first-order chi connectivity index (χ1) is 12.2. The van der Waals surface area contributed by atoms with Gasteiger partial charge in [-0.2, -0.15) is 0 Å². The number of fused-ring (bicyclic) bond motifs is 1. The van der Waals surface area contributed by atoms with Crippen LogP contribution in [0.3, 0.4) is 0 Å². The predicted molar refractivity (Wildman–Crippen MR) is 107 cm³/mol. The summed E-state index contributed by atoms with van der Waals surface area (Å²) in [7, 11) is 0. The standard InChI is InChI=1S/C19H19N3OS2/c1-14-4-2-6-16-18(14)20-19(25-16)22-11-9-21(10-12-22)17(23)8-7-15-5-3-13-24-15/h2-8,13H,9-12H2,1H3. The first kappa shape index (κ1) is 16.3. The molecule has 0 N–H and O–H groups in total. The number of piperazine rings is 1. The zero-order valence-electron chi connectivity index (χ0n) is 14.0. The molecular weight excluding hydrogens is 350 g/mol. The average Bonchev–Trinajstić information content (AvgIpc) is 3.30. The van der Waals surface area contributed by atoms with Crippen LogP contribution < -0.4 is 4.90 Å². The molecule has 0 unspecified atom stereocenters. The summed E-state index contributed by atoms with van der Waals surface area (Å²) in [4.78, 5) is 22.5. The number of para-hydroxylation sites is 1. The molecule has 1 fully saturated rings. The number of hydrogen-bond donors (Lipinski definition) is 0. The normalized spacial score (nSPS) is 15.4. The van der Waals surface area contributed by atoms with Crippen molar-refractivity contribution in [1.29, 1.82) is 0 Å². The van der Waals surface area contributed by atoms with Crippen LogP contribution in [0.1, 0.15) is 10.4 Å². The minimum Gasteiger partial charge on any atom is -0.345 e. The molecule has 25 heavy (non-hydrogen) atoms. The van der Waals surface area contributed by atoms with Crippen LogP contribution in [0.4, 0.5) is 5.13 Å². The van der Waals surface area contributed by atoms with Gasteiger partial charge in [0.2, 0.25) is 5.91 Å². The Kier molecular flexibility index (Phi) is 4.55. The van der Waals surface area contributed by atoms with Crippen LogP contribution in [-0.4, -0.2) is 42.0 Å². The van der Waals surface area contributed by atoms with E-state index in [0.29, 0.717) is 0 Å². The minimum absolute atomic E-state index is 0.0909. The van der Waals surface area contributed by atoms with Gasteiger partial charge in [-0.25, -0.2) is 4.98 Å².